The second kappa shape index (κ2) is 10.2. The first-order valence-corrected chi connectivity index (χ1v) is 11.2. The average Bonchev–Trinajstić information content (AvgIpc) is 3.35. The molecule has 10 heteroatoms. The van der Waals surface area contributed by atoms with E-state index in [4.69, 9.17) is 14.2 Å². The normalized spacial score (nSPS) is 11.4. The van der Waals surface area contributed by atoms with Gasteiger partial charge in [0.15, 0.2) is 0 Å². The summed E-state index contributed by atoms with van der Waals surface area (Å²) < 4.78 is 18.6. The summed E-state index contributed by atoms with van der Waals surface area (Å²) in [7, 11) is 3.28. The fourth-order valence-electron chi connectivity index (χ4n) is 2.63. The monoisotopic (exact) mass is 462 g/mol. The van der Waals surface area contributed by atoms with Gasteiger partial charge in [0.25, 0.3) is 0 Å². The van der Waals surface area contributed by atoms with Gasteiger partial charge in [-0.05, 0) is 44.5 Å². The molecular formula is C21H26N4O4S2. The standard InChI is InChI=1S/C21H26N4O4S2/c1-21(2,3)29-20(26)23-10-18-22-11-19(31-18)30-17-7-14(6-16(8-17)28-5)15-9-24-25(12-15)13-27-4/h6-9,11-12H,10,13H2,1-5H3,(H,23,26). The summed E-state index contributed by atoms with van der Waals surface area (Å²) in [5.74, 6) is 0.760. The number of carbonyl (C=O) groups excluding carboxylic acids is 1. The van der Waals surface area contributed by atoms with Crippen molar-refractivity contribution < 1.29 is 19.0 Å². The number of ether oxygens (including phenoxy) is 3. The van der Waals surface area contributed by atoms with Gasteiger partial charge < -0.3 is 19.5 Å². The van der Waals surface area contributed by atoms with Gasteiger partial charge in [-0.25, -0.2) is 14.5 Å². The van der Waals surface area contributed by atoms with Gasteiger partial charge in [-0.1, -0.05) is 11.8 Å². The lowest BCUT2D eigenvalue weighted by Crippen LogP contribution is -2.32. The number of rotatable bonds is 8. The number of hydrogen-bond donors (Lipinski definition) is 1. The van der Waals surface area contributed by atoms with E-state index in [2.05, 4.69) is 21.5 Å². The van der Waals surface area contributed by atoms with Crippen LogP contribution in [0.1, 0.15) is 25.8 Å². The summed E-state index contributed by atoms with van der Waals surface area (Å²) in [6.45, 7) is 6.20. The summed E-state index contributed by atoms with van der Waals surface area (Å²) in [6, 6.07) is 6.03. The Hall–Kier alpha value is -2.56. The van der Waals surface area contributed by atoms with Gasteiger partial charge in [-0.3, -0.25) is 0 Å². The maximum absolute atomic E-state index is 11.8. The van der Waals surface area contributed by atoms with E-state index in [1.807, 2.05) is 39.1 Å². The van der Waals surface area contributed by atoms with E-state index >= 15 is 0 Å². The van der Waals surface area contributed by atoms with Crippen molar-refractivity contribution >= 4 is 29.2 Å². The van der Waals surface area contributed by atoms with E-state index in [0.29, 0.717) is 13.3 Å². The summed E-state index contributed by atoms with van der Waals surface area (Å²) in [5.41, 5.74) is 1.45. The maximum atomic E-state index is 11.8. The molecular weight excluding hydrogens is 436 g/mol. The summed E-state index contributed by atoms with van der Waals surface area (Å²) in [6.07, 6.45) is 5.08. The molecule has 1 N–H and O–H groups in total. The highest BCUT2D eigenvalue weighted by Crippen LogP contribution is 2.37. The van der Waals surface area contributed by atoms with Gasteiger partial charge in [-0.2, -0.15) is 5.10 Å². The van der Waals surface area contributed by atoms with Crippen molar-refractivity contribution in [3.8, 4) is 16.9 Å². The van der Waals surface area contributed by atoms with Gasteiger partial charge >= 0.3 is 6.09 Å². The second-order valence-electron chi connectivity index (χ2n) is 7.61. The summed E-state index contributed by atoms with van der Waals surface area (Å²) in [5, 5.41) is 7.84. The highest BCUT2D eigenvalue weighted by molar-refractivity contribution is 8.01. The van der Waals surface area contributed by atoms with Gasteiger partial charge in [-0.15, -0.1) is 11.3 Å². The Morgan fingerprint density at radius 2 is 2.00 bits per heavy atom. The Morgan fingerprint density at radius 3 is 2.71 bits per heavy atom. The number of nitrogens with zero attached hydrogens (tertiary/aromatic N) is 3. The smallest absolute Gasteiger partial charge is 0.408 e. The third-order valence-electron chi connectivity index (χ3n) is 3.88. The van der Waals surface area contributed by atoms with Crippen molar-refractivity contribution in [1.29, 1.82) is 0 Å². The van der Waals surface area contributed by atoms with Crippen LogP contribution in [0.2, 0.25) is 0 Å². The van der Waals surface area contributed by atoms with Crippen LogP contribution in [0.4, 0.5) is 4.79 Å². The molecule has 0 bridgehead atoms. The Labute approximate surface area is 189 Å². The van der Waals surface area contributed by atoms with Crippen LogP contribution in [0.5, 0.6) is 5.75 Å². The third-order valence-corrected chi connectivity index (χ3v) is 5.95. The Morgan fingerprint density at radius 1 is 1.19 bits per heavy atom. The fraction of sp³-hybridized carbons (Fsp3) is 0.381. The molecule has 1 amide bonds. The number of nitrogens with one attached hydrogen (secondary N) is 1. The minimum Gasteiger partial charge on any atom is -0.497 e. The minimum absolute atomic E-state index is 0.322. The maximum Gasteiger partial charge on any atom is 0.408 e. The molecule has 0 aliphatic rings. The average molecular weight is 463 g/mol. The third kappa shape index (κ3) is 6.98. The molecule has 0 saturated heterocycles. The molecule has 3 aromatic rings. The first-order valence-electron chi connectivity index (χ1n) is 9.56. The molecule has 0 fully saturated rings. The van der Waals surface area contributed by atoms with Crippen LogP contribution in [0.15, 0.2) is 45.9 Å². The molecule has 0 aliphatic heterocycles. The Bertz CT molecular complexity index is 1030. The summed E-state index contributed by atoms with van der Waals surface area (Å²) in [4.78, 5) is 17.2. The molecule has 0 aliphatic carbocycles. The molecule has 3 rings (SSSR count). The van der Waals surface area contributed by atoms with Crippen molar-refractivity contribution in [3.63, 3.8) is 0 Å². The lowest BCUT2D eigenvalue weighted by molar-refractivity contribution is 0.0523. The lowest BCUT2D eigenvalue weighted by atomic mass is 10.1. The zero-order chi connectivity index (χ0) is 22.4. The second-order valence-corrected chi connectivity index (χ2v) is 10.1. The van der Waals surface area contributed by atoms with E-state index in [1.165, 1.54) is 11.3 Å². The highest BCUT2D eigenvalue weighted by atomic mass is 32.2. The van der Waals surface area contributed by atoms with E-state index in [1.54, 1.807) is 43.1 Å². The molecule has 2 heterocycles. The lowest BCUT2D eigenvalue weighted by Gasteiger charge is -2.19. The number of aromatic nitrogens is 3. The predicted octanol–water partition coefficient (Wildman–Crippen LogP) is 4.80. The number of methoxy groups -OCH3 is 2. The molecule has 0 unspecified atom stereocenters. The van der Waals surface area contributed by atoms with Crippen LogP contribution < -0.4 is 10.1 Å². The Kier molecular flexibility index (Phi) is 7.58. The molecule has 2 aromatic heterocycles. The molecule has 8 nitrogen and oxygen atoms in total. The molecule has 1 aromatic carbocycles. The van der Waals surface area contributed by atoms with Crippen LogP contribution in [0, 0.1) is 0 Å². The van der Waals surface area contributed by atoms with Crippen molar-refractivity contribution in [2.75, 3.05) is 14.2 Å². The van der Waals surface area contributed by atoms with Crippen molar-refractivity contribution in [3.05, 3.63) is 41.8 Å². The molecule has 166 valence electrons. The van der Waals surface area contributed by atoms with Gasteiger partial charge in [0.1, 0.15) is 23.1 Å². The quantitative estimate of drug-likeness (QED) is 0.515. The van der Waals surface area contributed by atoms with E-state index in [-0.39, 0.29) is 0 Å². The number of amides is 1. The zero-order valence-electron chi connectivity index (χ0n) is 18.2. The van der Waals surface area contributed by atoms with E-state index < -0.39 is 11.7 Å². The molecule has 0 spiro atoms. The molecule has 0 atom stereocenters. The number of alkyl carbamates (subject to hydrolysis) is 1. The minimum atomic E-state index is -0.530. The van der Waals surface area contributed by atoms with Crippen molar-refractivity contribution in [2.45, 2.75) is 48.8 Å². The van der Waals surface area contributed by atoms with Gasteiger partial charge in [0, 0.05) is 23.8 Å². The van der Waals surface area contributed by atoms with E-state index in [9.17, 15) is 4.79 Å². The van der Waals surface area contributed by atoms with Gasteiger partial charge in [0.2, 0.25) is 0 Å². The van der Waals surface area contributed by atoms with Crippen molar-refractivity contribution in [2.24, 2.45) is 0 Å². The largest absolute Gasteiger partial charge is 0.497 e. The number of hydrogen-bond acceptors (Lipinski definition) is 8. The van der Waals surface area contributed by atoms with Crippen LogP contribution in [0.25, 0.3) is 11.1 Å². The first kappa shape index (κ1) is 23.1. The summed E-state index contributed by atoms with van der Waals surface area (Å²) >= 11 is 3.11. The highest BCUT2D eigenvalue weighted by Gasteiger charge is 2.16. The van der Waals surface area contributed by atoms with Crippen LogP contribution in [-0.4, -0.2) is 40.7 Å². The van der Waals surface area contributed by atoms with Crippen LogP contribution in [-0.2, 0) is 22.7 Å². The van der Waals surface area contributed by atoms with Crippen LogP contribution in [0.3, 0.4) is 0 Å². The topological polar surface area (TPSA) is 87.5 Å². The van der Waals surface area contributed by atoms with Gasteiger partial charge in [0.05, 0.1) is 30.3 Å². The molecule has 0 radical (unpaired) electrons. The predicted molar refractivity (Wildman–Crippen MR) is 121 cm³/mol. The Balaban J connectivity index is 1.69. The molecule has 0 saturated carbocycles. The zero-order valence-corrected chi connectivity index (χ0v) is 19.8. The SMILES string of the molecule is COCn1cc(-c2cc(OC)cc(Sc3cnc(CNC(=O)OC(C)(C)C)s3)c2)cn1. The number of benzene rings is 1. The molecule has 31 heavy (non-hydrogen) atoms. The van der Waals surface area contributed by atoms with E-state index in [0.717, 1.165) is 31.0 Å². The first-order chi connectivity index (χ1) is 14.8. The van der Waals surface area contributed by atoms with Crippen LogP contribution >= 0.6 is 23.1 Å². The number of carbonyl (C=O) groups is 1. The fourth-order valence-corrected chi connectivity index (χ4v) is 4.66. The number of thiazole rings is 1. The van der Waals surface area contributed by atoms with Crippen molar-refractivity contribution in [1.82, 2.24) is 20.1 Å².